The highest BCUT2D eigenvalue weighted by Crippen LogP contribution is 2.26. The van der Waals surface area contributed by atoms with Gasteiger partial charge < -0.3 is 0 Å². The van der Waals surface area contributed by atoms with E-state index in [1.807, 2.05) is 36.4 Å². The van der Waals surface area contributed by atoms with E-state index in [4.69, 9.17) is 0 Å². The predicted octanol–water partition coefficient (Wildman–Crippen LogP) is 3.67. The Balaban J connectivity index is 1.78. The third kappa shape index (κ3) is 4.61. The third-order valence-electron chi connectivity index (χ3n) is 5.27. The van der Waals surface area contributed by atoms with Crippen molar-refractivity contribution in [3.63, 3.8) is 0 Å². The summed E-state index contributed by atoms with van der Waals surface area (Å²) in [6.07, 6.45) is 1.07. The second kappa shape index (κ2) is 9.02. The summed E-state index contributed by atoms with van der Waals surface area (Å²) in [6, 6.07) is 20.5. The molecular formula is C24H22FN3O3S. The molecule has 1 aromatic heterocycles. The van der Waals surface area contributed by atoms with Crippen LogP contribution >= 0.6 is 0 Å². The molecule has 0 atom stereocenters. The highest BCUT2D eigenvalue weighted by molar-refractivity contribution is 7.89. The van der Waals surface area contributed by atoms with Crippen LogP contribution in [0.25, 0.3) is 27.7 Å². The maximum atomic E-state index is 13.4. The molecule has 1 heterocycles. The van der Waals surface area contributed by atoms with Gasteiger partial charge in [-0.05, 0) is 61.9 Å². The van der Waals surface area contributed by atoms with Gasteiger partial charge in [0.2, 0.25) is 10.0 Å². The molecular weight excluding hydrogens is 429 g/mol. The largest absolute Gasteiger partial charge is 0.279 e. The highest BCUT2D eigenvalue weighted by Gasteiger charge is 2.14. The highest BCUT2D eigenvalue weighted by atomic mass is 32.2. The van der Waals surface area contributed by atoms with Gasteiger partial charge in [0, 0.05) is 10.9 Å². The number of hydrogen-bond donors (Lipinski definition) is 1. The minimum Gasteiger partial charge on any atom is -0.267 e. The summed E-state index contributed by atoms with van der Waals surface area (Å²) in [5.41, 5.74) is 2.58. The van der Waals surface area contributed by atoms with Crippen molar-refractivity contribution in [2.45, 2.75) is 12.8 Å². The monoisotopic (exact) mass is 451 g/mol. The topological polar surface area (TPSA) is 81.1 Å². The van der Waals surface area contributed by atoms with Crippen molar-refractivity contribution in [2.24, 2.45) is 0 Å². The Bertz CT molecular complexity index is 1430. The molecule has 0 radical (unpaired) electrons. The van der Waals surface area contributed by atoms with Gasteiger partial charge in [-0.2, -0.15) is 9.78 Å². The van der Waals surface area contributed by atoms with Gasteiger partial charge in [0.05, 0.1) is 22.5 Å². The summed E-state index contributed by atoms with van der Waals surface area (Å²) in [4.78, 5) is 13.1. The quantitative estimate of drug-likeness (QED) is 0.465. The smallest absolute Gasteiger partial charge is 0.267 e. The summed E-state index contributed by atoms with van der Waals surface area (Å²) in [5, 5.41) is 5.84. The van der Waals surface area contributed by atoms with E-state index in [0.29, 0.717) is 35.0 Å². The van der Waals surface area contributed by atoms with Crippen molar-refractivity contribution in [3.05, 3.63) is 94.5 Å². The molecule has 0 aliphatic heterocycles. The van der Waals surface area contributed by atoms with E-state index in [1.165, 1.54) is 36.0 Å². The molecule has 0 fully saturated rings. The number of halogens is 1. The Hall–Kier alpha value is -3.36. The normalized spacial score (nSPS) is 11.7. The Morgan fingerprint density at radius 2 is 1.69 bits per heavy atom. The summed E-state index contributed by atoms with van der Waals surface area (Å²) in [6.45, 7) is 0. The van der Waals surface area contributed by atoms with Crippen LogP contribution in [0.2, 0.25) is 0 Å². The van der Waals surface area contributed by atoms with Crippen LogP contribution in [0.4, 0.5) is 4.39 Å². The second-order valence-corrected chi connectivity index (χ2v) is 9.46. The molecule has 4 aromatic rings. The standard InChI is InChI=1S/C24H22FN3O3S/c1-26-32(30,31)15-5-7-17-6-4-8-18(16-17)23-21-9-2-3-10-22(21)24(29)28(27-23)20-13-11-19(25)12-14-20/h2-4,6,8-14,16,26H,5,7,15H2,1H3. The van der Waals surface area contributed by atoms with Crippen molar-refractivity contribution in [1.82, 2.24) is 14.5 Å². The lowest BCUT2D eigenvalue weighted by Gasteiger charge is -2.12. The maximum absolute atomic E-state index is 13.4. The number of aromatic nitrogens is 2. The first-order chi connectivity index (χ1) is 15.4. The molecule has 0 saturated heterocycles. The third-order valence-corrected chi connectivity index (χ3v) is 6.71. The average molecular weight is 452 g/mol. The summed E-state index contributed by atoms with van der Waals surface area (Å²) >= 11 is 0. The molecule has 0 amide bonds. The molecule has 0 spiro atoms. The number of fused-ring (bicyclic) bond motifs is 1. The van der Waals surface area contributed by atoms with Crippen LogP contribution in [0, 0.1) is 5.82 Å². The molecule has 0 unspecified atom stereocenters. The summed E-state index contributed by atoms with van der Waals surface area (Å²) in [5.74, 6) is -0.347. The Morgan fingerprint density at radius 3 is 2.41 bits per heavy atom. The Morgan fingerprint density at radius 1 is 0.969 bits per heavy atom. The summed E-state index contributed by atoms with van der Waals surface area (Å²) in [7, 11) is -1.85. The van der Waals surface area contributed by atoms with Crippen LogP contribution in [0.15, 0.2) is 77.6 Å². The first-order valence-electron chi connectivity index (χ1n) is 10.2. The van der Waals surface area contributed by atoms with Gasteiger partial charge in [0.15, 0.2) is 0 Å². The van der Waals surface area contributed by atoms with Crippen molar-refractivity contribution in [2.75, 3.05) is 12.8 Å². The molecule has 0 bridgehead atoms. The zero-order valence-corrected chi connectivity index (χ0v) is 18.3. The number of sulfonamides is 1. The first kappa shape index (κ1) is 21.9. The van der Waals surface area contributed by atoms with E-state index >= 15 is 0 Å². The minimum absolute atomic E-state index is 0.0460. The number of rotatable bonds is 7. The SMILES string of the molecule is CNS(=O)(=O)CCCc1cccc(-c2nn(-c3ccc(F)cc3)c(=O)c3ccccc23)c1. The van der Waals surface area contributed by atoms with Crippen LogP contribution in [0.3, 0.4) is 0 Å². The fourth-order valence-corrected chi connectivity index (χ4v) is 4.33. The van der Waals surface area contributed by atoms with E-state index in [1.54, 1.807) is 12.1 Å². The van der Waals surface area contributed by atoms with Gasteiger partial charge in [-0.15, -0.1) is 0 Å². The fraction of sp³-hybridized carbons (Fsp3) is 0.167. The van der Waals surface area contributed by atoms with E-state index in [2.05, 4.69) is 9.82 Å². The van der Waals surface area contributed by atoms with Crippen LogP contribution in [-0.2, 0) is 16.4 Å². The van der Waals surface area contributed by atoms with Gasteiger partial charge in [-0.25, -0.2) is 17.5 Å². The van der Waals surface area contributed by atoms with Crippen LogP contribution in [0.1, 0.15) is 12.0 Å². The minimum atomic E-state index is -3.25. The lowest BCUT2D eigenvalue weighted by molar-refractivity contribution is 0.585. The number of benzene rings is 3. The lowest BCUT2D eigenvalue weighted by Crippen LogP contribution is -2.22. The lowest BCUT2D eigenvalue weighted by atomic mass is 10.0. The Kier molecular flexibility index (Phi) is 6.16. The van der Waals surface area contributed by atoms with Gasteiger partial charge in [0.1, 0.15) is 5.82 Å². The van der Waals surface area contributed by atoms with E-state index in [0.717, 1.165) is 11.1 Å². The maximum Gasteiger partial charge on any atom is 0.279 e. The predicted molar refractivity (Wildman–Crippen MR) is 124 cm³/mol. The van der Waals surface area contributed by atoms with Gasteiger partial charge in [-0.3, -0.25) is 4.79 Å². The molecule has 0 aliphatic carbocycles. The van der Waals surface area contributed by atoms with Crippen molar-refractivity contribution in [3.8, 4) is 16.9 Å². The Labute approximate surface area is 185 Å². The second-order valence-electron chi connectivity index (χ2n) is 7.41. The molecule has 6 nitrogen and oxygen atoms in total. The first-order valence-corrected chi connectivity index (χ1v) is 11.8. The van der Waals surface area contributed by atoms with Crippen molar-refractivity contribution < 1.29 is 12.8 Å². The number of hydrogen-bond acceptors (Lipinski definition) is 4. The van der Waals surface area contributed by atoms with E-state index in [9.17, 15) is 17.6 Å². The number of nitrogens with one attached hydrogen (secondary N) is 1. The molecule has 0 saturated carbocycles. The van der Waals surface area contributed by atoms with Crippen LogP contribution in [-0.4, -0.2) is 31.0 Å². The summed E-state index contributed by atoms with van der Waals surface area (Å²) < 4.78 is 40.3. The van der Waals surface area contributed by atoms with E-state index in [-0.39, 0.29) is 11.3 Å². The zero-order chi connectivity index (χ0) is 22.7. The van der Waals surface area contributed by atoms with Gasteiger partial charge in [0.25, 0.3) is 5.56 Å². The molecule has 32 heavy (non-hydrogen) atoms. The molecule has 8 heteroatoms. The molecule has 1 N–H and O–H groups in total. The number of nitrogens with zero attached hydrogens (tertiary/aromatic N) is 2. The van der Waals surface area contributed by atoms with Crippen molar-refractivity contribution in [1.29, 1.82) is 0 Å². The fourth-order valence-electron chi connectivity index (χ4n) is 3.60. The number of aryl methyl sites for hydroxylation is 1. The average Bonchev–Trinajstić information content (AvgIpc) is 2.80. The molecule has 3 aromatic carbocycles. The molecule has 0 aliphatic rings. The van der Waals surface area contributed by atoms with E-state index < -0.39 is 15.8 Å². The van der Waals surface area contributed by atoms with Crippen LogP contribution < -0.4 is 10.3 Å². The van der Waals surface area contributed by atoms with Crippen molar-refractivity contribution >= 4 is 20.8 Å². The zero-order valence-electron chi connectivity index (χ0n) is 17.5. The molecule has 164 valence electrons. The molecule has 4 rings (SSSR count). The van der Waals surface area contributed by atoms with Gasteiger partial charge >= 0.3 is 0 Å². The van der Waals surface area contributed by atoms with Gasteiger partial charge in [-0.1, -0.05) is 36.4 Å². The van der Waals surface area contributed by atoms with Crippen LogP contribution in [0.5, 0.6) is 0 Å².